The highest BCUT2D eigenvalue weighted by Crippen LogP contribution is 2.00. The Morgan fingerprint density at radius 2 is 2.30 bits per heavy atom. The number of hydrogen-bond donors (Lipinski definition) is 1. The van der Waals surface area contributed by atoms with Crippen molar-refractivity contribution in [1.82, 2.24) is 0 Å². The first-order valence-electron chi connectivity index (χ1n) is 3.54. The molecule has 0 aliphatic heterocycles. The molecular formula is C7H14O3. The van der Waals surface area contributed by atoms with Gasteiger partial charge in [-0.25, -0.2) is 0 Å². The first-order valence-corrected chi connectivity index (χ1v) is 3.54. The summed E-state index contributed by atoms with van der Waals surface area (Å²) in [6.45, 7) is 2.73. The Hall–Kier alpha value is -0.570. The van der Waals surface area contributed by atoms with E-state index in [4.69, 9.17) is 5.11 Å². The van der Waals surface area contributed by atoms with Gasteiger partial charge in [0.05, 0.1) is 12.7 Å². The summed E-state index contributed by atoms with van der Waals surface area (Å²) >= 11 is 0. The maximum atomic E-state index is 9.64. The molecule has 0 saturated carbocycles. The molecule has 0 aromatic heterocycles. The van der Waals surface area contributed by atoms with Crippen molar-refractivity contribution in [3.8, 4) is 0 Å². The summed E-state index contributed by atoms with van der Waals surface area (Å²) in [6, 6.07) is 0. The van der Waals surface area contributed by atoms with E-state index in [1.165, 1.54) is 0 Å². The summed E-state index contributed by atoms with van der Waals surface area (Å²) in [5.41, 5.74) is 0. The molecule has 0 rings (SSSR count). The quantitative estimate of drug-likeness (QED) is 0.443. The fourth-order valence-electron chi connectivity index (χ4n) is 0.730. The third-order valence-electron chi connectivity index (χ3n) is 1.26. The number of aliphatic hydroxyl groups excluding tert-OH is 1. The van der Waals surface area contributed by atoms with Crippen molar-refractivity contribution in [3.63, 3.8) is 0 Å². The Bertz CT molecular complexity index is 82.9. The van der Waals surface area contributed by atoms with Gasteiger partial charge < -0.3 is 9.84 Å². The normalized spacial score (nSPS) is 12.6. The molecule has 3 heteroatoms. The van der Waals surface area contributed by atoms with Gasteiger partial charge in [0.1, 0.15) is 0 Å². The average Bonchev–Trinajstić information content (AvgIpc) is 1.89. The summed E-state index contributed by atoms with van der Waals surface area (Å²) in [4.78, 5) is 9.64. The Morgan fingerprint density at radius 1 is 1.60 bits per heavy atom. The number of carbonyl (C=O) groups is 1. The number of ether oxygens (including phenoxy) is 1. The van der Waals surface area contributed by atoms with Crippen LogP contribution in [0.1, 0.15) is 26.2 Å². The summed E-state index contributed by atoms with van der Waals surface area (Å²) in [6.07, 6.45) is 1.97. The van der Waals surface area contributed by atoms with Gasteiger partial charge in [0.25, 0.3) is 6.47 Å². The van der Waals surface area contributed by atoms with Gasteiger partial charge in [0, 0.05) is 6.42 Å². The molecule has 0 aliphatic rings. The molecule has 1 unspecified atom stereocenters. The lowest BCUT2D eigenvalue weighted by atomic mass is 10.1. The number of hydrogen-bond acceptors (Lipinski definition) is 3. The van der Waals surface area contributed by atoms with Crippen LogP contribution in [0.15, 0.2) is 0 Å². The van der Waals surface area contributed by atoms with E-state index in [0.717, 1.165) is 12.8 Å². The van der Waals surface area contributed by atoms with Gasteiger partial charge in [-0.2, -0.15) is 0 Å². The van der Waals surface area contributed by atoms with Gasteiger partial charge in [-0.05, 0) is 6.42 Å². The van der Waals surface area contributed by atoms with Crippen molar-refractivity contribution in [1.29, 1.82) is 0 Å². The lowest BCUT2D eigenvalue weighted by molar-refractivity contribution is -0.129. The van der Waals surface area contributed by atoms with Gasteiger partial charge in [-0.15, -0.1) is 0 Å². The van der Waals surface area contributed by atoms with Gasteiger partial charge >= 0.3 is 0 Å². The second kappa shape index (κ2) is 6.55. The molecule has 0 aliphatic carbocycles. The van der Waals surface area contributed by atoms with Crippen molar-refractivity contribution in [2.45, 2.75) is 32.3 Å². The SMILES string of the molecule is CCCC(O)CCOC=O. The van der Waals surface area contributed by atoms with Gasteiger partial charge in [0.15, 0.2) is 0 Å². The standard InChI is InChI=1S/C7H14O3/c1-2-3-7(9)4-5-10-6-8/h6-7,9H,2-5H2,1H3. The fraction of sp³-hybridized carbons (Fsp3) is 0.857. The van der Waals surface area contributed by atoms with Crippen LogP contribution in [0.2, 0.25) is 0 Å². The van der Waals surface area contributed by atoms with Crippen molar-refractivity contribution in [2.75, 3.05) is 6.61 Å². The van der Waals surface area contributed by atoms with E-state index in [9.17, 15) is 4.79 Å². The number of aliphatic hydroxyl groups is 1. The van der Waals surface area contributed by atoms with E-state index in [1.54, 1.807) is 0 Å². The van der Waals surface area contributed by atoms with Crippen molar-refractivity contribution in [2.24, 2.45) is 0 Å². The van der Waals surface area contributed by atoms with Gasteiger partial charge in [0.2, 0.25) is 0 Å². The highest BCUT2D eigenvalue weighted by Gasteiger charge is 2.00. The first kappa shape index (κ1) is 9.43. The molecule has 0 spiro atoms. The van der Waals surface area contributed by atoms with E-state index in [1.807, 2.05) is 6.92 Å². The van der Waals surface area contributed by atoms with E-state index in [2.05, 4.69) is 4.74 Å². The zero-order chi connectivity index (χ0) is 7.82. The lowest BCUT2D eigenvalue weighted by Gasteiger charge is -2.06. The minimum Gasteiger partial charge on any atom is -0.468 e. The van der Waals surface area contributed by atoms with Crippen LogP contribution in [-0.2, 0) is 9.53 Å². The van der Waals surface area contributed by atoms with Crippen LogP contribution in [0.4, 0.5) is 0 Å². The molecule has 0 bridgehead atoms. The molecule has 1 N–H and O–H groups in total. The topological polar surface area (TPSA) is 46.5 Å². The Kier molecular flexibility index (Phi) is 6.18. The van der Waals surface area contributed by atoms with Crippen LogP contribution in [0.5, 0.6) is 0 Å². The fourth-order valence-corrected chi connectivity index (χ4v) is 0.730. The van der Waals surface area contributed by atoms with Crippen LogP contribution < -0.4 is 0 Å². The Labute approximate surface area is 61.0 Å². The lowest BCUT2D eigenvalue weighted by Crippen LogP contribution is -2.09. The predicted molar refractivity (Wildman–Crippen MR) is 37.5 cm³/mol. The van der Waals surface area contributed by atoms with E-state index >= 15 is 0 Å². The van der Waals surface area contributed by atoms with Crippen molar-refractivity contribution in [3.05, 3.63) is 0 Å². The summed E-state index contributed by atoms with van der Waals surface area (Å²) in [5, 5.41) is 9.08. The van der Waals surface area contributed by atoms with Crippen molar-refractivity contribution >= 4 is 6.47 Å². The van der Waals surface area contributed by atoms with Crippen LogP contribution in [0, 0.1) is 0 Å². The van der Waals surface area contributed by atoms with Crippen LogP contribution in [0.3, 0.4) is 0 Å². The molecule has 60 valence electrons. The molecule has 0 heterocycles. The molecule has 0 saturated heterocycles. The molecule has 10 heavy (non-hydrogen) atoms. The summed E-state index contributed by atoms with van der Waals surface area (Å²) in [7, 11) is 0. The van der Waals surface area contributed by atoms with Crippen molar-refractivity contribution < 1.29 is 14.6 Å². The monoisotopic (exact) mass is 146 g/mol. The zero-order valence-electron chi connectivity index (χ0n) is 6.25. The Balaban J connectivity index is 3.04. The second-order valence-corrected chi connectivity index (χ2v) is 2.20. The second-order valence-electron chi connectivity index (χ2n) is 2.20. The molecule has 0 fully saturated rings. The molecular weight excluding hydrogens is 132 g/mol. The van der Waals surface area contributed by atoms with Crippen LogP contribution in [-0.4, -0.2) is 24.3 Å². The molecule has 1 atom stereocenters. The number of carbonyl (C=O) groups excluding carboxylic acids is 1. The highest BCUT2D eigenvalue weighted by atomic mass is 16.5. The maximum Gasteiger partial charge on any atom is 0.293 e. The molecule has 3 nitrogen and oxygen atoms in total. The molecule has 0 aromatic rings. The van der Waals surface area contributed by atoms with Crippen LogP contribution in [0.25, 0.3) is 0 Å². The van der Waals surface area contributed by atoms with Gasteiger partial charge in [-0.3, -0.25) is 4.79 Å². The van der Waals surface area contributed by atoms with E-state index < -0.39 is 0 Å². The molecule has 0 amide bonds. The van der Waals surface area contributed by atoms with E-state index in [0.29, 0.717) is 19.5 Å². The average molecular weight is 146 g/mol. The Morgan fingerprint density at radius 3 is 2.80 bits per heavy atom. The smallest absolute Gasteiger partial charge is 0.293 e. The maximum absolute atomic E-state index is 9.64. The highest BCUT2D eigenvalue weighted by molar-refractivity contribution is 5.36. The minimum atomic E-state index is -0.315. The third-order valence-corrected chi connectivity index (χ3v) is 1.26. The molecule has 0 radical (unpaired) electrons. The van der Waals surface area contributed by atoms with Gasteiger partial charge in [-0.1, -0.05) is 13.3 Å². The zero-order valence-corrected chi connectivity index (χ0v) is 6.25. The number of rotatable bonds is 6. The predicted octanol–water partition coefficient (Wildman–Crippen LogP) is 0.710. The summed E-state index contributed by atoms with van der Waals surface area (Å²) < 4.78 is 4.41. The molecule has 0 aromatic carbocycles. The first-order chi connectivity index (χ1) is 4.81. The third kappa shape index (κ3) is 5.56. The van der Waals surface area contributed by atoms with E-state index in [-0.39, 0.29) is 6.10 Å². The van der Waals surface area contributed by atoms with Crippen LogP contribution >= 0.6 is 0 Å². The largest absolute Gasteiger partial charge is 0.468 e. The summed E-state index contributed by atoms with van der Waals surface area (Å²) in [5.74, 6) is 0. The minimum absolute atomic E-state index is 0.315.